The first-order valence-electron chi connectivity index (χ1n) is 6.10. The van der Waals surface area contributed by atoms with Gasteiger partial charge in [0.25, 0.3) is 5.70 Å². The van der Waals surface area contributed by atoms with Crippen LogP contribution in [0.1, 0.15) is 5.56 Å². The van der Waals surface area contributed by atoms with E-state index in [0.29, 0.717) is 30.7 Å². The number of likely N-dealkylation sites (N-methyl/N-ethyl adjacent to an activating group) is 1. The molecular formula is C12H16ClN5O2. The molecule has 108 valence electrons. The molecule has 2 heterocycles. The lowest BCUT2D eigenvalue weighted by Gasteiger charge is -2.34. The topological polar surface area (TPSA) is 74.5 Å². The van der Waals surface area contributed by atoms with Gasteiger partial charge in [-0.05, 0) is 18.7 Å². The molecule has 0 saturated heterocycles. The van der Waals surface area contributed by atoms with Crippen molar-refractivity contribution in [1.82, 2.24) is 20.1 Å². The maximum atomic E-state index is 11.1. The van der Waals surface area contributed by atoms with Gasteiger partial charge in [-0.2, -0.15) is 0 Å². The summed E-state index contributed by atoms with van der Waals surface area (Å²) < 4.78 is 0. The van der Waals surface area contributed by atoms with E-state index in [1.165, 1.54) is 0 Å². The Kier molecular flexibility index (Phi) is 4.41. The lowest BCUT2D eigenvalue weighted by molar-refractivity contribution is -0.432. The second kappa shape index (κ2) is 6.06. The summed E-state index contributed by atoms with van der Waals surface area (Å²) in [5.41, 5.74) is 1.11. The van der Waals surface area contributed by atoms with Crippen LogP contribution < -0.4 is 5.32 Å². The van der Waals surface area contributed by atoms with Crippen LogP contribution in [0.25, 0.3) is 0 Å². The van der Waals surface area contributed by atoms with Crippen molar-refractivity contribution < 1.29 is 4.92 Å². The number of nitro groups is 1. The summed E-state index contributed by atoms with van der Waals surface area (Å²) in [6.45, 7) is 1.46. The Morgan fingerprint density at radius 3 is 2.85 bits per heavy atom. The van der Waals surface area contributed by atoms with E-state index >= 15 is 0 Å². The lowest BCUT2D eigenvalue weighted by atomic mass is 10.2. The molecule has 1 aliphatic rings. The number of nitrogens with zero attached hydrogens (tertiary/aromatic N) is 4. The van der Waals surface area contributed by atoms with Crippen molar-refractivity contribution in [3.05, 3.63) is 50.7 Å². The van der Waals surface area contributed by atoms with Crippen molar-refractivity contribution in [3.8, 4) is 0 Å². The third kappa shape index (κ3) is 3.17. The summed E-state index contributed by atoms with van der Waals surface area (Å²) in [6, 6.07) is 3.57. The van der Waals surface area contributed by atoms with E-state index in [1.807, 2.05) is 22.9 Å². The number of hydrogen-bond donors (Lipinski definition) is 1. The van der Waals surface area contributed by atoms with Crippen LogP contribution in [0, 0.1) is 10.1 Å². The SMILES string of the molecule is CNC1=C([N+](=O)[O-])CN(C)CN1Cc1ccc(Cl)nc1. The number of pyridine rings is 1. The molecule has 1 aromatic heterocycles. The van der Waals surface area contributed by atoms with Crippen LogP contribution in [0.5, 0.6) is 0 Å². The lowest BCUT2D eigenvalue weighted by Crippen LogP contribution is -2.46. The van der Waals surface area contributed by atoms with Crippen LogP contribution in [0.4, 0.5) is 0 Å². The number of rotatable bonds is 4. The molecule has 0 saturated carbocycles. The monoisotopic (exact) mass is 297 g/mol. The van der Waals surface area contributed by atoms with Gasteiger partial charge in [-0.25, -0.2) is 4.98 Å². The summed E-state index contributed by atoms with van der Waals surface area (Å²) in [6.07, 6.45) is 1.68. The standard InChI is InChI=1S/C12H16ClN5O2/c1-14-12-10(18(19)20)7-16(2)8-17(12)6-9-3-4-11(13)15-5-9/h3-5,14H,6-8H2,1-2H3. The molecule has 2 rings (SSSR count). The average molecular weight is 298 g/mol. The van der Waals surface area contributed by atoms with Crippen LogP contribution in [0.3, 0.4) is 0 Å². The van der Waals surface area contributed by atoms with E-state index in [-0.39, 0.29) is 10.6 Å². The molecule has 1 aromatic rings. The van der Waals surface area contributed by atoms with Crippen LogP contribution >= 0.6 is 11.6 Å². The molecule has 8 heteroatoms. The summed E-state index contributed by atoms with van der Waals surface area (Å²) >= 11 is 5.75. The van der Waals surface area contributed by atoms with Gasteiger partial charge < -0.3 is 10.2 Å². The highest BCUT2D eigenvalue weighted by atomic mass is 35.5. The van der Waals surface area contributed by atoms with Crippen LogP contribution in [0.15, 0.2) is 29.8 Å². The van der Waals surface area contributed by atoms with Gasteiger partial charge in [-0.1, -0.05) is 17.7 Å². The van der Waals surface area contributed by atoms with Crippen LogP contribution in [-0.4, -0.2) is 47.0 Å². The summed E-state index contributed by atoms with van der Waals surface area (Å²) in [7, 11) is 3.54. The quantitative estimate of drug-likeness (QED) is 0.510. The normalized spacial score (nSPS) is 16.4. The second-order valence-corrected chi connectivity index (χ2v) is 5.03. The predicted octanol–water partition coefficient (Wildman–Crippen LogP) is 1.11. The Morgan fingerprint density at radius 2 is 2.30 bits per heavy atom. The maximum Gasteiger partial charge on any atom is 0.299 e. The molecule has 0 unspecified atom stereocenters. The fourth-order valence-corrected chi connectivity index (χ4v) is 2.33. The molecule has 0 bridgehead atoms. The zero-order chi connectivity index (χ0) is 14.7. The third-order valence-electron chi connectivity index (χ3n) is 3.04. The van der Waals surface area contributed by atoms with Crippen molar-refractivity contribution in [2.75, 3.05) is 27.3 Å². The van der Waals surface area contributed by atoms with E-state index in [9.17, 15) is 10.1 Å². The van der Waals surface area contributed by atoms with E-state index in [2.05, 4.69) is 10.3 Å². The Morgan fingerprint density at radius 1 is 1.55 bits per heavy atom. The number of aromatic nitrogens is 1. The van der Waals surface area contributed by atoms with Gasteiger partial charge >= 0.3 is 0 Å². The molecule has 7 nitrogen and oxygen atoms in total. The molecule has 20 heavy (non-hydrogen) atoms. The molecule has 0 aromatic carbocycles. The predicted molar refractivity (Wildman–Crippen MR) is 75.4 cm³/mol. The zero-order valence-electron chi connectivity index (χ0n) is 11.3. The van der Waals surface area contributed by atoms with Crippen molar-refractivity contribution in [2.24, 2.45) is 0 Å². The number of halogens is 1. The fourth-order valence-electron chi connectivity index (χ4n) is 2.22. The van der Waals surface area contributed by atoms with Gasteiger partial charge in [0.15, 0.2) is 5.82 Å². The van der Waals surface area contributed by atoms with Crippen LogP contribution in [0.2, 0.25) is 5.15 Å². The first kappa shape index (κ1) is 14.5. The van der Waals surface area contributed by atoms with Crippen molar-refractivity contribution in [3.63, 3.8) is 0 Å². The first-order chi connectivity index (χ1) is 9.51. The second-order valence-electron chi connectivity index (χ2n) is 4.65. The van der Waals surface area contributed by atoms with Crippen molar-refractivity contribution in [2.45, 2.75) is 6.54 Å². The van der Waals surface area contributed by atoms with Crippen molar-refractivity contribution in [1.29, 1.82) is 0 Å². The minimum atomic E-state index is -0.339. The van der Waals surface area contributed by atoms with E-state index in [4.69, 9.17) is 11.6 Å². The van der Waals surface area contributed by atoms with E-state index in [0.717, 1.165) is 5.56 Å². The number of nitrogens with one attached hydrogen (secondary N) is 1. The molecule has 0 spiro atoms. The average Bonchev–Trinajstić information content (AvgIpc) is 2.40. The Labute approximate surface area is 122 Å². The molecule has 0 fully saturated rings. The maximum absolute atomic E-state index is 11.1. The van der Waals surface area contributed by atoms with Crippen molar-refractivity contribution >= 4 is 11.6 Å². The highest BCUT2D eigenvalue weighted by Crippen LogP contribution is 2.19. The van der Waals surface area contributed by atoms with Crippen LogP contribution in [-0.2, 0) is 6.54 Å². The highest BCUT2D eigenvalue weighted by molar-refractivity contribution is 6.29. The van der Waals surface area contributed by atoms with E-state index < -0.39 is 0 Å². The molecule has 0 radical (unpaired) electrons. The Bertz CT molecular complexity index is 531. The van der Waals surface area contributed by atoms with Gasteiger partial charge in [-0.3, -0.25) is 15.0 Å². The summed E-state index contributed by atoms with van der Waals surface area (Å²) in [5.74, 6) is 0.544. The van der Waals surface area contributed by atoms with Gasteiger partial charge in [-0.15, -0.1) is 0 Å². The fraction of sp³-hybridized carbons (Fsp3) is 0.417. The largest absolute Gasteiger partial charge is 0.369 e. The smallest absolute Gasteiger partial charge is 0.299 e. The van der Waals surface area contributed by atoms with Gasteiger partial charge in [0.2, 0.25) is 0 Å². The highest BCUT2D eigenvalue weighted by Gasteiger charge is 2.30. The van der Waals surface area contributed by atoms with Gasteiger partial charge in [0, 0.05) is 19.8 Å². The zero-order valence-corrected chi connectivity index (χ0v) is 12.1. The minimum Gasteiger partial charge on any atom is -0.369 e. The minimum absolute atomic E-state index is 0.170. The van der Waals surface area contributed by atoms with Gasteiger partial charge in [0.1, 0.15) is 5.15 Å². The Hall–Kier alpha value is -1.86. The molecule has 1 N–H and O–H groups in total. The van der Waals surface area contributed by atoms with E-state index in [1.54, 1.807) is 19.3 Å². The molecule has 0 amide bonds. The molecule has 0 atom stereocenters. The first-order valence-corrected chi connectivity index (χ1v) is 6.48. The Balaban J connectivity index is 2.26. The third-order valence-corrected chi connectivity index (χ3v) is 3.26. The molecule has 1 aliphatic heterocycles. The number of hydrogen-bond acceptors (Lipinski definition) is 6. The van der Waals surface area contributed by atoms with Gasteiger partial charge in [0.05, 0.1) is 18.1 Å². The summed E-state index contributed by atoms with van der Waals surface area (Å²) in [4.78, 5) is 18.6. The molecule has 0 aliphatic carbocycles. The molecular weight excluding hydrogens is 282 g/mol. The summed E-state index contributed by atoms with van der Waals surface area (Å²) in [5, 5.41) is 14.5.